The summed E-state index contributed by atoms with van der Waals surface area (Å²) in [5.41, 5.74) is 0.857. The largest absolute Gasteiger partial charge is 0.236 e. The quantitative estimate of drug-likeness (QED) is 0.729. The molecule has 0 aliphatic rings. The van der Waals surface area contributed by atoms with Gasteiger partial charge in [-0.15, -0.1) is 17.9 Å². The Hall–Kier alpha value is -1.69. The highest BCUT2D eigenvalue weighted by Gasteiger charge is 2.18. The van der Waals surface area contributed by atoms with E-state index in [0.717, 1.165) is 10.4 Å². The molecule has 0 aliphatic heterocycles. The first-order valence-corrected chi connectivity index (χ1v) is 8.86. The van der Waals surface area contributed by atoms with E-state index in [-0.39, 0.29) is 0 Å². The standard InChI is InChI=1S/C16H17NO2S2/c1-2-11-17(14-16-9-6-12-20-16)21(18,19)13-10-15-7-4-3-5-8-15/h2-10,12-13H,1,11,14H2/b13-10+. The second-order valence-electron chi connectivity index (χ2n) is 4.42. The zero-order chi connectivity index (χ0) is 15.1. The van der Waals surface area contributed by atoms with Crippen LogP contribution in [0.4, 0.5) is 0 Å². The lowest BCUT2D eigenvalue weighted by molar-refractivity contribution is 0.449. The van der Waals surface area contributed by atoms with Gasteiger partial charge < -0.3 is 0 Å². The van der Waals surface area contributed by atoms with E-state index in [9.17, 15) is 8.42 Å². The molecule has 1 aromatic carbocycles. The third-order valence-corrected chi connectivity index (χ3v) is 5.18. The van der Waals surface area contributed by atoms with Gasteiger partial charge >= 0.3 is 0 Å². The maximum Gasteiger partial charge on any atom is 0.236 e. The number of rotatable bonds is 7. The van der Waals surface area contributed by atoms with Gasteiger partial charge in [0.1, 0.15) is 0 Å². The van der Waals surface area contributed by atoms with E-state index < -0.39 is 10.0 Å². The summed E-state index contributed by atoms with van der Waals surface area (Å²) in [7, 11) is -3.47. The molecule has 5 heteroatoms. The summed E-state index contributed by atoms with van der Waals surface area (Å²) in [6, 6.07) is 13.2. The van der Waals surface area contributed by atoms with E-state index >= 15 is 0 Å². The van der Waals surface area contributed by atoms with E-state index in [1.165, 1.54) is 9.71 Å². The highest BCUT2D eigenvalue weighted by atomic mass is 32.2. The molecule has 0 aliphatic carbocycles. The van der Waals surface area contributed by atoms with E-state index in [0.29, 0.717) is 13.1 Å². The molecule has 2 rings (SSSR count). The summed E-state index contributed by atoms with van der Waals surface area (Å²) < 4.78 is 26.2. The van der Waals surface area contributed by atoms with Gasteiger partial charge in [-0.2, -0.15) is 4.31 Å². The summed E-state index contributed by atoms with van der Waals surface area (Å²) in [5, 5.41) is 3.19. The van der Waals surface area contributed by atoms with Crippen LogP contribution in [0.25, 0.3) is 6.08 Å². The van der Waals surface area contributed by atoms with E-state index in [1.54, 1.807) is 23.5 Å². The van der Waals surface area contributed by atoms with Crippen molar-refractivity contribution >= 4 is 27.4 Å². The van der Waals surface area contributed by atoms with Gasteiger partial charge in [-0.05, 0) is 23.1 Å². The van der Waals surface area contributed by atoms with Crippen LogP contribution < -0.4 is 0 Å². The molecule has 0 radical (unpaired) electrons. The molecule has 0 amide bonds. The molecule has 1 aromatic heterocycles. The molecule has 0 unspecified atom stereocenters. The first kappa shape index (κ1) is 15.7. The highest BCUT2D eigenvalue weighted by molar-refractivity contribution is 7.92. The van der Waals surface area contributed by atoms with Crippen LogP contribution in [0.2, 0.25) is 0 Å². The predicted octanol–water partition coefficient (Wildman–Crippen LogP) is 3.74. The lowest BCUT2D eigenvalue weighted by Crippen LogP contribution is -2.28. The Bertz CT molecular complexity index is 689. The molecule has 3 nitrogen and oxygen atoms in total. The molecule has 0 atom stereocenters. The Kier molecular flexibility index (Phi) is 5.50. The third kappa shape index (κ3) is 4.67. The maximum absolute atomic E-state index is 12.4. The Morgan fingerprint density at radius 3 is 2.52 bits per heavy atom. The Balaban J connectivity index is 2.17. The van der Waals surface area contributed by atoms with E-state index in [4.69, 9.17) is 0 Å². The van der Waals surface area contributed by atoms with Gasteiger partial charge in [0.25, 0.3) is 0 Å². The summed E-state index contributed by atoms with van der Waals surface area (Å²) in [5.74, 6) is 0. The molecule has 2 aromatic rings. The molecule has 0 bridgehead atoms. The Labute approximate surface area is 129 Å². The van der Waals surface area contributed by atoms with Gasteiger partial charge in [0, 0.05) is 23.4 Å². The van der Waals surface area contributed by atoms with E-state index in [1.807, 2.05) is 47.8 Å². The van der Waals surface area contributed by atoms with E-state index in [2.05, 4.69) is 6.58 Å². The van der Waals surface area contributed by atoms with Crippen molar-refractivity contribution in [3.05, 3.63) is 76.3 Å². The molecule has 0 spiro atoms. The molecule has 0 saturated carbocycles. The van der Waals surface area contributed by atoms with Crippen molar-refractivity contribution in [2.45, 2.75) is 6.54 Å². The maximum atomic E-state index is 12.4. The van der Waals surface area contributed by atoms with Gasteiger partial charge in [-0.25, -0.2) is 8.42 Å². The Morgan fingerprint density at radius 1 is 1.14 bits per heavy atom. The van der Waals surface area contributed by atoms with Gasteiger partial charge in [0.2, 0.25) is 10.0 Å². The van der Waals surface area contributed by atoms with Crippen LogP contribution in [0.15, 0.2) is 65.9 Å². The molecule has 0 fully saturated rings. The zero-order valence-electron chi connectivity index (χ0n) is 11.6. The molecule has 110 valence electrons. The SMILES string of the molecule is C=CCN(Cc1cccs1)S(=O)(=O)/C=C/c1ccccc1. The minimum Gasteiger partial charge on any atom is -0.207 e. The number of benzene rings is 1. The molecular weight excluding hydrogens is 302 g/mol. The van der Waals surface area contributed by atoms with Crippen LogP contribution in [-0.4, -0.2) is 19.3 Å². The normalized spacial score (nSPS) is 12.0. The molecule has 0 saturated heterocycles. The van der Waals surface area contributed by atoms with Crippen LogP contribution in [0.3, 0.4) is 0 Å². The lowest BCUT2D eigenvalue weighted by atomic mass is 10.2. The van der Waals surface area contributed by atoms with Gasteiger partial charge in [0.15, 0.2) is 0 Å². The number of thiophene rings is 1. The van der Waals surface area contributed by atoms with Crippen LogP contribution in [-0.2, 0) is 16.6 Å². The van der Waals surface area contributed by atoms with Crippen molar-refractivity contribution in [3.63, 3.8) is 0 Å². The smallest absolute Gasteiger partial charge is 0.207 e. The zero-order valence-corrected chi connectivity index (χ0v) is 13.2. The number of nitrogens with zero attached hydrogens (tertiary/aromatic N) is 1. The summed E-state index contributed by atoms with van der Waals surface area (Å²) in [6.07, 6.45) is 3.21. The average molecular weight is 319 g/mol. The van der Waals surface area contributed by atoms with Crippen LogP contribution in [0.5, 0.6) is 0 Å². The van der Waals surface area contributed by atoms with Gasteiger partial charge in [-0.3, -0.25) is 0 Å². The van der Waals surface area contributed by atoms with Crippen molar-refractivity contribution in [3.8, 4) is 0 Å². The van der Waals surface area contributed by atoms with Crippen molar-refractivity contribution in [1.82, 2.24) is 4.31 Å². The fourth-order valence-corrected chi connectivity index (χ4v) is 3.73. The number of hydrogen-bond donors (Lipinski definition) is 0. The van der Waals surface area contributed by atoms with Crippen molar-refractivity contribution in [2.75, 3.05) is 6.54 Å². The van der Waals surface area contributed by atoms with Crippen molar-refractivity contribution in [2.24, 2.45) is 0 Å². The topological polar surface area (TPSA) is 37.4 Å². The summed E-state index contributed by atoms with van der Waals surface area (Å²) >= 11 is 1.54. The minimum atomic E-state index is -3.47. The molecular formula is C16H17NO2S2. The van der Waals surface area contributed by atoms with Crippen LogP contribution in [0, 0.1) is 0 Å². The fraction of sp³-hybridized carbons (Fsp3) is 0.125. The predicted molar refractivity (Wildman–Crippen MR) is 89.3 cm³/mol. The van der Waals surface area contributed by atoms with Crippen LogP contribution in [0.1, 0.15) is 10.4 Å². The number of hydrogen-bond acceptors (Lipinski definition) is 3. The first-order chi connectivity index (χ1) is 10.1. The second-order valence-corrected chi connectivity index (χ2v) is 7.27. The molecule has 0 N–H and O–H groups in total. The average Bonchev–Trinajstić information content (AvgIpc) is 2.99. The summed E-state index contributed by atoms with van der Waals surface area (Å²) in [6.45, 7) is 4.29. The fourth-order valence-electron chi connectivity index (χ4n) is 1.79. The summed E-state index contributed by atoms with van der Waals surface area (Å²) in [4.78, 5) is 1.01. The van der Waals surface area contributed by atoms with Gasteiger partial charge in [0.05, 0.1) is 0 Å². The van der Waals surface area contributed by atoms with Gasteiger partial charge in [-0.1, -0.05) is 42.5 Å². The van der Waals surface area contributed by atoms with Crippen LogP contribution >= 0.6 is 11.3 Å². The highest BCUT2D eigenvalue weighted by Crippen LogP contribution is 2.16. The number of sulfonamides is 1. The lowest BCUT2D eigenvalue weighted by Gasteiger charge is -2.17. The van der Waals surface area contributed by atoms with Crippen molar-refractivity contribution < 1.29 is 8.42 Å². The molecule has 1 heterocycles. The third-order valence-electron chi connectivity index (χ3n) is 2.84. The van der Waals surface area contributed by atoms with Crippen molar-refractivity contribution in [1.29, 1.82) is 0 Å². The monoisotopic (exact) mass is 319 g/mol. The minimum absolute atomic E-state index is 0.291. The molecule has 21 heavy (non-hydrogen) atoms. The Morgan fingerprint density at radius 2 is 1.90 bits per heavy atom. The second kappa shape index (κ2) is 7.36. The first-order valence-electron chi connectivity index (χ1n) is 6.48.